The standard InChI is InChI=1S/C14H24N2O6.2C13H22N2O7.2Re/c1-8(14(21)13(20)7-22-2)10-5-15-9(4-16-10)3-11(18)12(19)6-17;1-22-6-11(19)9(17)2-7-3-15-8(4-14-7)12(20)13(21)10(18)5-16;1-22-6-11(19)13(21)12(20)8-4-14-7(3-15-8)2-9(17)10(18)5-16;;/h4-5,8,11-14,17-21H,3,6-7H2,1-2H3;2*3-4,9-13,16-21H,2,5-6H2,1H3;;. The van der Waals surface area contributed by atoms with Crippen molar-refractivity contribution >= 4 is 0 Å². The second-order valence-electron chi connectivity index (χ2n) is 15.1. The van der Waals surface area contributed by atoms with E-state index in [0.717, 1.165) is 0 Å². The average Bonchev–Trinajstić information content (AvgIpc) is 3.32. The van der Waals surface area contributed by atoms with Gasteiger partial charge in [-0.15, -0.1) is 0 Å². The summed E-state index contributed by atoms with van der Waals surface area (Å²) in [6.45, 7) is -0.249. The Morgan fingerprint density at radius 1 is 0.368 bits per heavy atom. The number of rotatable bonds is 27. The third-order valence-electron chi connectivity index (χ3n) is 9.75. The van der Waals surface area contributed by atoms with Crippen molar-refractivity contribution in [3.8, 4) is 0 Å². The molecule has 15 unspecified atom stereocenters. The van der Waals surface area contributed by atoms with E-state index in [2.05, 4.69) is 34.6 Å². The zero-order valence-electron chi connectivity index (χ0n) is 37.8. The zero-order valence-corrected chi connectivity index (χ0v) is 43.2. The molecule has 0 aromatic carbocycles. The normalized spacial score (nSPS) is 18.0. The molecule has 0 saturated carbocycles. The molecule has 0 fully saturated rings. The van der Waals surface area contributed by atoms with Crippen LogP contribution in [0.2, 0.25) is 0 Å². The number of aliphatic hydroxyl groups is 17. The monoisotopic (exact) mass is 1330 g/mol. The van der Waals surface area contributed by atoms with Crippen molar-refractivity contribution in [2.24, 2.45) is 0 Å². The molecule has 3 aromatic heterocycles. The Kier molecular flexibility index (Phi) is 36.6. The fraction of sp³-hybridized carbons (Fsp3) is 0.700. The molecule has 0 amide bonds. The van der Waals surface area contributed by atoms with Crippen LogP contribution in [0.3, 0.4) is 0 Å². The first-order chi connectivity index (χ1) is 31.2. The van der Waals surface area contributed by atoms with Crippen molar-refractivity contribution in [1.29, 1.82) is 0 Å². The first-order valence-electron chi connectivity index (χ1n) is 20.5. The van der Waals surface area contributed by atoms with Crippen molar-refractivity contribution < 1.29 is 142 Å². The van der Waals surface area contributed by atoms with E-state index < -0.39 is 111 Å². The summed E-state index contributed by atoms with van der Waals surface area (Å²) >= 11 is 0. The second kappa shape index (κ2) is 36.6. The third kappa shape index (κ3) is 23.8. The summed E-state index contributed by atoms with van der Waals surface area (Å²) in [7, 11) is 4.18. The van der Waals surface area contributed by atoms with Gasteiger partial charge in [0.1, 0.15) is 61.0 Å². The maximum atomic E-state index is 9.99. The van der Waals surface area contributed by atoms with Crippen LogP contribution in [0, 0.1) is 0 Å². The van der Waals surface area contributed by atoms with Crippen molar-refractivity contribution in [2.75, 3.05) is 61.0 Å². The molecule has 26 nitrogen and oxygen atoms in total. The first kappa shape index (κ1) is 67.8. The van der Waals surface area contributed by atoms with E-state index in [0.29, 0.717) is 22.8 Å². The van der Waals surface area contributed by atoms with E-state index in [9.17, 15) is 71.5 Å². The van der Waals surface area contributed by atoms with Crippen LogP contribution in [0.1, 0.15) is 59.2 Å². The molecule has 28 heteroatoms. The topological polar surface area (TPSA) is 449 Å². The molecule has 0 aliphatic carbocycles. The van der Waals surface area contributed by atoms with Gasteiger partial charge in [0.05, 0.1) is 111 Å². The number of aliphatic hydroxyl groups excluding tert-OH is 17. The quantitative estimate of drug-likeness (QED) is 0.0337. The SMILES string of the molecule is COCC(O)C(O)C(C)c1cnc(CC(O)C(O)CO)cn1.COCC(O)C(O)C(O)c1cnc(CC(O)C(O)CO)cn1.COCC(O)C(O)Cc1cnc(C(O)C(O)C(O)CO)cn1.[Re].[Re]. The van der Waals surface area contributed by atoms with Crippen LogP contribution >= 0.6 is 0 Å². The molecule has 392 valence electrons. The molecule has 3 rings (SSSR count). The predicted molar refractivity (Wildman–Crippen MR) is 225 cm³/mol. The van der Waals surface area contributed by atoms with E-state index in [1.54, 1.807) is 6.92 Å². The second-order valence-corrected chi connectivity index (χ2v) is 15.1. The minimum atomic E-state index is -1.60. The largest absolute Gasteiger partial charge is 0.394 e. The molecule has 15 atom stereocenters. The number of hydrogen-bond donors (Lipinski definition) is 17. The Labute approximate surface area is 419 Å². The molecular formula is C40H68N6O20Re2. The van der Waals surface area contributed by atoms with Crippen molar-refractivity contribution in [3.63, 3.8) is 0 Å². The maximum absolute atomic E-state index is 9.99. The van der Waals surface area contributed by atoms with Crippen molar-refractivity contribution in [3.05, 3.63) is 71.3 Å². The van der Waals surface area contributed by atoms with Gasteiger partial charge in [-0.05, 0) is 0 Å². The van der Waals surface area contributed by atoms with Crippen molar-refractivity contribution in [1.82, 2.24) is 29.9 Å². The first-order valence-corrected chi connectivity index (χ1v) is 20.5. The molecule has 0 spiro atoms. The number of methoxy groups -OCH3 is 3. The van der Waals surface area contributed by atoms with Crippen LogP contribution < -0.4 is 0 Å². The molecule has 0 aliphatic heterocycles. The van der Waals surface area contributed by atoms with E-state index in [1.165, 1.54) is 58.5 Å². The van der Waals surface area contributed by atoms with Gasteiger partial charge in [0, 0.05) is 112 Å². The Bertz CT molecular complexity index is 1610. The van der Waals surface area contributed by atoms with Crippen LogP contribution in [0.15, 0.2) is 37.2 Å². The molecule has 0 aliphatic rings. The van der Waals surface area contributed by atoms with E-state index in [1.807, 2.05) is 0 Å². The Morgan fingerprint density at radius 2 is 0.662 bits per heavy atom. The predicted octanol–water partition coefficient (Wildman–Crippen LogP) is -7.53. The van der Waals surface area contributed by atoms with Crippen LogP contribution in [-0.2, 0) is 74.3 Å². The Morgan fingerprint density at radius 3 is 0.971 bits per heavy atom. The van der Waals surface area contributed by atoms with Gasteiger partial charge in [0.15, 0.2) is 0 Å². The summed E-state index contributed by atoms with van der Waals surface area (Å²) in [4.78, 5) is 23.9. The Balaban J connectivity index is 0. The number of nitrogens with zero attached hydrogens (tertiary/aromatic N) is 6. The van der Waals surface area contributed by atoms with Gasteiger partial charge in [0.25, 0.3) is 0 Å². The van der Waals surface area contributed by atoms with Crippen LogP contribution in [0.5, 0.6) is 0 Å². The van der Waals surface area contributed by atoms with Crippen molar-refractivity contribution in [2.45, 2.75) is 118 Å². The van der Waals surface area contributed by atoms with Crippen LogP contribution in [0.4, 0.5) is 0 Å². The zero-order chi connectivity index (χ0) is 50.1. The van der Waals surface area contributed by atoms with Gasteiger partial charge in [-0.2, -0.15) is 0 Å². The summed E-state index contributed by atoms with van der Waals surface area (Å²) in [5.41, 5.74) is 1.70. The summed E-state index contributed by atoms with van der Waals surface area (Å²) < 4.78 is 14.2. The van der Waals surface area contributed by atoms with Gasteiger partial charge in [-0.1, -0.05) is 6.92 Å². The molecule has 0 saturated heterocycles. The maximum Gasteiger partial charge on any atom is 0.126 e. The summed E-state index contributed by atoms with van der Waals surface area (Å²) in [6.07, 6.45) is -9.98. The van der Waals surface area contributed by atoms with Gasteiger partial charge in [-0.3, -0.25) is 29.9 Å². The molecule has 3 heterocycles. The molecular weight excluding hydrogens is 1260 g/mol. The summed E-state index contributed by atoms with van der Waals surface area (Å²) in [5.74, 6) is -0.445. The fourth-order valence-electron chi connectivity index (χ4n) is 5.45. The number of hydrogen-bond acceptors (Lipinski definition) is 26. The smallest absolute Gasteiger partial charge is 0.126 e. The summed E-state index contributed by atoms with van der Waals surface area (Å²) in [5, 5.41) is 161. The van der Waals surface area contributed by atoms with Gasteiger partial charge >= 0.3 is 0 Å². The molecule has 68 heavy (non-hydrogen) atoms. The van der Waals surface area contributed by atoms with Crippen LogP contribution in [-0.4, -0.2) is 251 Å². The van der Waals surface area contributed by atoms with E-state index in [-0.39, 0.29) is 91.3 Å². The molecule has 2 radical (unpaired) electrons. The average molecular weight is 1330 g/mol. The third-order valence-corrected chi connectivity index (χ3v) is 9.75. The number of ether oxygens (including phenoxy) is 3. The minimum absolute atomic E-state index is 0. The fourth-order valence-corrected chi connectivity index (χ4v) is 5.45. The van der Waals surface area contributed by atoms with Gasteiger partial charge in [-0.25, -0.2) is 0 Å². The minimum Gasteiger partial charge on any atom is -0.394 e. The molecule has 17 N–H and O–H groups in total. The molecule has 3 aromatic rings. The Hall–Kier alpha value is -2.24. The van der Waals surface area contributed by atoms with Gasteiger partial charge in [0.2, 0.25) is 0 Å². The summed E-state index contributed by atoms with van der Waals surface area (Å²) in [6, 6.07) is 0. The molecule has 0 bridgehead atoms. The van der Waals surface area contributed by atoms with E-state index in [4.69, 9.17) is 24.8 Å². The van der Waals surface area contributed by atoms with Crippen LogP contribution in [0.25, 0.3) is 0 Å². The van der Waals surface area contributed by atoms with Gasteiger partial charge < -0.3 is 101 Å². The van der Waals surface area contributed by atoms with E-state index >= 15 is 0 Å². The number of aromatic nitrogens is 6.